The van der Waals surface area contributed by atoms with E-state index in [2.05, 4.69) is 17.3 Å². The smallest absolute Gasteiger partial charge is 0.397 e. The van der Waals surface area contributed by atoms with Crippen LogP contribution in [0.15, 0.2) is 25.3 Å². The van der Waals surface area contributed by atoms with Crippen LogP contribution in [0.25, 0.3) is 0 Å². The molecular formula is C6H10O6S. The highest BCUT2D eigenvalue weighted by Gasteiger charge is 1.99. The van der Waals surface area contributed by atoms with Crippen LogP contribution in [0.4, 0.5) is 0 Å². The molecule has 0 rings (SSSR count). The molecular weight excluding hydrogens is 200 g/mol. The van der Waals surface area contributed by atoms with E-state index in [1.54, 1.807) is 0 Å². The lowest BCUT2D eigenvalue weighted by atomic mass is 10.7. The molecule has 0 fully saturated rings. The summed E-state index contributed by atoms with van der Waals surface area (Å²) in [4.78, 5) is 9.25. The van der Waals surface area contributed by atoms with Crippen LogP contribution in [0.3, 0.4) is 0 Å². The summed E-state index contributed by atoms with van der Waals surface area (Å²) in [6, 6.07) is 0. The summed E-state index contributed by atoms with van der Waals surface area (Å²) >= 11 is 0. The number of carbonyl (C=O) groups is 1. The highest BCUT2D eigenvalue weighted by Crippen LogP contribution is 1.83. The van der Waals surface area contributed by atoms with Crippen molar-refractivity contribution in [1.82, 2.24) is 0 Å². The summed E-state index contributed by atoms with van der Waals surface area (Å²) in [5.74, 6) is -0.981. The molecule has 0 aliphatic heterocycles. The normalized spacial score (nSPS) is 9.31. The van der Waals surface area contributed by atoms with Gasteiger partial charge in [-0.1, -0.05) is 12.7 Å². The molecule has 0 aromatic carbocycles. The van der Waals surface area contributed by atoms with Crippen molar-refractivity contribution in [3.8, 4) is 0 Å². The fourth-order valence-electron chi connectivity index (χ4n) is 0.134. The molecule has 0 radical (unpaired) electrons. The second-order valence-electron chi connectivity index (χ2n) is 1.54. The van der Waals surface area contributed by atoms with Crippen molar-refractivity contribution in [2.24, 2.45) is 0 Å². The van der Waals surface area contributed by atoms with Gasteiger partial charge in [0.05, 0.1) is 6.61 Å². The second kappa shape index (κ2) is 7.47. The third kappa shape index (κ3) is 24.8. The fraction of sp³-hybridized carbons (Fsp3) is 0.167. The molecule has 7 heteroatoms. The topological polar surface area (TPSA) is 101 Å². The van der Waals surface area contributed by atoms with Crippen molar-refractivity contribution in [3.63, 3.8) is 0 Å². The van der Waals surface area contributed by atoms with Crippen molar-refractivity contribution in [2.75, 3.05) is 6.61 Å². The first-order valence-electron chi connectivity index (χ1n) is 2.91. The Hall–Kier alpha value is -1.18. The van der Waals surface area contributed by atoms with Crippen molar-refractivity contribution in [3.05, 3.63) is 25.3 Å². The third-order valence-electron chi connectivity index (χ3n) is 0.509. The van der Waals surface area contributed by atoms with E-state index in [4.69, 9.17) is 9.66 Å². The van der Waals surface area contributed by atoms with Crippen LogP contribution < -0.4 is 0 Å². The minimum atomic E-state index is -4.26. The van der Waals surface area contributed by atoms with Crippen molar-refractivity contribution in [2.45, 2.75) is 0 Å². The molecule has 76 valence electrons. The predicted molar refractivity (Wildman–Crippen MR) is 45.5 cm³/mol. The van der Waals surface area contributed by atoms with Crippen LogP contribution in [-0.2, 0) is 19.4 Å². The van der Waals surface area contributed by atoms with E-state index in [1.165, 1.54) is 6.08 Å². The molecule has 0 aromatic heterocycles. The van der Waals surface area contributed by atoms with E-state index >= 15 is 0 Å². The van der Waals surface area contributed by atoms with Crippen LogP contribution in [0.1, 0.15) is 0 Å². The molecule has 6 nitrogen and oxygen atoms in total. The van der Waals surface area contributed by atoms with Crippen LogP contribution in [0, 0.1) is 0 Å². The Kier molecular flexibility index (Phi) is 8.24. The molecule has 0 saturated heterocycles. The van der Waals surface area contributed by atoms with Gasteiger partial charge in [-0.25, -0.2) is 8.98 Å². The lowest BCUT2D eigenvalue weighted by molar-refractivity contribution is -0.131. The van der Waals surface area contributed by atoms with Crippen molar-refractivity contribution < 1.29 is 27.1 Å². The fourth-order valence-corrected chi connectivity index (χ4v) is 0.402. The lowest BCUT2D eigenvalue weighted by Gasteiger charge is -1.90. The average Bonchev–Trinajstić information content (AvgIpc) is 2.00. The number of hydrogen-bond acceptors (Lipinski definition) is 4. The summed E-state index contributed by atoms with van der Waals surface area (Å²) in [5.41, 5.74) is 0. The Bertz CT molecular complexity index is 265. The molecule has 0 aromatic rings. The average molecular weight is 210 g/mol. The monoisotopic (exact) mass is 210 g/mol. The van der Waals surface area contributed by atoms with Crippen LogP contribution in [0.5, 0.6) is 0 Å². The summed E-state index contributed by atoms with van der Waals surface area (Å²) in [6.45, 7) is 5.93. The van der Waals surface area contributed by atoms with Gasteiger partial charge in [0.1, 0.15) is 0 Å². The second-order valence-corrected chi connectivity index (χ2v) is 2.63. The van der Waals surface area contributed by atoms with E-state index in [0.29, 0.717) is 0 Å². The molecule has 0 unspecified atom stereocenters. The van der Waals surface area contributed by atoms with Gasteiger partial charge in [0.2, 0.25) is 0 Å². The molecule has 0 amide bonds. The van der Waals surface area contributed by atoms with Gasteiger partial charge in [-0.05, 0) is 0 Å². The Morgan fingerprint density at radius 1 is 1.46 bits per heavy atom. The molecule has 13 heavy (non-hydrogen) atoms. The third-order valence-corrected chi connectivity index (χ3v) is 0.943. The first-order chi connectivity index (χ1) is 5.83. The highest BCUT2D eigenvalue weighted by atomic mass is 32.3. The number of hydrogen-bond donors (Lipinski definition) is 2. The van der Waals surface area contributed by atoms with E-state index in [1.807, 2.05) is 0 Å². The van der Waals surface area contributed by atoms with Crippen molar-refractivity contribution >= 4 is 16.4 Å². The molecule has 0 heterocycles. The number of rotatable bonds is 4. The molecule has 0 bridgehead atoms. The largest absolute Gasteiger partial charge is 0.478 e. The molecule has 2 N–H and O–H groups in total. The lowest BCUT2D eigenvalue weighted by Crippen LogP contribution is -2.02. The zero-order valence-electron chi connectivity index (χ0n) is 6.71. The summed E-state index contributed by atoms with van der Waals surface area (Å²) in [5, 5.41) is 7.60. The number of carboxylic acids is 1. The maximum atomic E-state index is 9.68. The predicted octanol–water partition coefficient (Wildman–Crippen LogP) is 0.249. The van der Waals surface area contributed by atoms with Gasteiger partial charge >= 0.3 is 16.4 Å². The van der Waals surface area contributed by atoms with E-state index < -0.39 is 16.4 Å². The number of carboxylic acid groups (broad SMARTS) is 1. The quantitative estimate of drug-likeness (QED) is 0.392. The molecule has 0 atom stereocenters. The molecule has 0 spiro atoms. The summed E-state index contributed by atoms with van der Waals surface area (Å²) in [7, 11) is -4.26. The zero-order chi connectivity index (χ0) is 10.9. The van der Waals surface area contributed by atoms with E-state index in [-0.39, 0.29) is 6.61 Å². The van der Waals surface area contributed by atoms with Gasteiger partial charge in [-0.2, -0.15) is 8.42 Å². The molecule has 0 saturated carbocycles. The highest BCUT2D eigenvalue weighted by molar-refractivity contribution is 7.80. The number of aliphatic carboxylic acids is 1. The Morgan fingerprint density at radius 2 is 1.85 bits per heavy atom. The van der Waals surface area contributed by atoms with Crippen molar-refractivity contribution in [1.29, 1.82) is 0 Å². The first kappa shape index (κ1) is 14.3. The maximum Gasteiger partial charge on any atom is 0.397 e. The Labute approximate surface area is 76.1 Å². The van der Waals surface area contributed by atoms with Gasteiger partial charge in [-0.3, -0.25) is 4.55 Å². The van der Waals surface area contributed by atoms with Gasteiger partial charge in [0.15, 0.2) is 0 Å². The van der Waals surface area contributed by atoms with Crippen LogP contribution in [-0.4, -0.2) is 30.7 Å². The van der Waals surface area contributed by atoms with Gasteiger partial charge < -0.3 is 5.11 Å². The summed E-state index contributed by atoms with van der Waals surface area (Å²) in [6.07, 6.45) is 2.05. The van der Waals surface area contributed by atoms with E-state index in [0.717, 1.165) is 6.08 Å². The van der Waals surface area contributed by atoms with Crippen LogP contribution in [0.2, 0.25) is 0 Å². The van der Waals surface area contributed by atoms with Crippen LogP contribution >= 0.6 is 0 Å². The van der Waals surface area contributed by atoms with Gasteiger partial charge in [-0.15, -0.1) is 6.58 Å². The standard InChI is InChI=1S/C3H6O4S.C3H4O2/c1-2-3-7-8(4,5)6;1-2-3(4)5/h2H,1,3H2,(H,4,5,6);2H,1H2,(H,4,5). The molecule has 0 aliphatic rings. The maximum absolute atomic E-state index is 9.68. The molecule has 0 aliphatic carbocycles. The minimum Gasteiger partial charge on any atom is -0.478 e. The first-order valence-corrected chi connectivity index (χ1v) is 4.28. The van der Waals surface area contributed by atoms with Gasteiger partial charge in [0, 0.05) is 6.08 Å². The zero-order valence-corrected chi connectivity index (χ0v) is 7.53. The Morgan fingerprint density at radius 3 is 1.92 bits per heavy atom. The Balaban J connectivity index is 0. The van der Waals surface area contributed by atoms with E-state index in [9.17, 15) is 13.2 Å². The summed E-state index contributed by atoms with van der Waals surface area (Å²) < 4.78 is 31.0. The SMILES string of the molecule is C=CC(=O)O.C=CCOS(=O)(=O)O. The van der Waals surface area contributed by atoms with Gasteiger partial charge in [0.25, 0.3) is 0 Å². The minimum absolute atomic E-state index is 0.196.